The Balaban J connectivity index is 1.48. The van der Waals surface area contributed by atoms with E-state index in [2.05, 4.69) is 4.98 Å². The first kappa shape index (κ1) is 18.0. The summed E-state index contributed by atoms with van der Waals surface area (Å²) in [6.07, 6.45) is 3.47. The molecule has 0 aromatic carbocycles. The summed E-state index contributed by atoms with van der Waals surface area (Å²) in [5.41, 5.74) is -0.778. The van der Waals surface area contributed by atoms with Crippen LogP contribution in [-0.4, -0.2) is 35.0 Å². The number of carbonyl (C=O) groups excluding carboxylic acids is 1. The molecule has 0 bridgehead atoms. The molecule has 1 aliphatic heterocycles. The van der Waals surface area contributed by atoms with Gasteiger partial charge in [0.2, 0.25) is 11.8 Å². The van der Waals surface area contributed by atoms with E-state index < -0.39 is 11.7 Å². The van der Waals surface area contributed by atoms with E-state index in [4.69, 9.17) is 4.74 Å². The smallest absolute Gasteiger partial charge is 0.416 e. The van der Waals surface area contributed by atoms with Crippen molar-refractivity contribution in [2.75, 3.05) is 13.1 Å². The topological polar surface area (TPSA) is 42.4 Å². The van der Waals surface area contributed by atoms with Gasteiger partial charge >= 0.3 is 6.18 Å². The molecular formula is C18H23F3N2O2. The Morgan fingerprint density at radius 2 is 2.04 bits per heavy atom. The van der Waals surface area contributed by atoms with Gasteiger partial charge in [0.25, 0.3) is 0 Å². The maximum Gasteiger partial charge on any atom is 0.416 e. The Morgan fingerprint density at radius 3 is 2.76 bits per heavy atom. The largest absolute Gasteiger partial charge is 0.472 e. The number of hydrogen-bond donors (Lipinski definition) is 0. The second-order valence-electron chi connectivity index (χ2n) is 6.94. The maximum absolute atomic E-state index is 12.7. The van der Waals surface area contributed by atoms with E-state index in [1.807, 2.05) is 0 Å². The molecule has 1 unspecified atom stereocenters. The van der Waals surface area contributed by atoms with E-state index in [9.17, 15) is 18.0 Å². The lowest BCUT2D eigenvalue weighted by molar-refractivity contribution is -0.137. The minimum Gasteiger partial charge on any atom is -0.472 e. The summed E-state index contributed by atoms with van der Waals surface area (Å²) in [6.45, 7) is 1.01. The van der Waals surface area contributed by atoms with Gasteiger partial charge in [-0.2, -0.15) is 13.2 Å². The number of halogens is 3. The summed E-state index contributed by atoms with van der Waals surface area (Å²) >= 11 is 0. The van der Waals surface area contributed by atoms with Crippen molar-refractivity contribution in [1.29, 1.82) is 0 Å². The molecule has 4 nitrogen and oxygen atoms in total. The van der Waals surface area contributed by atoms with Crippen molar-refractivity contribution in [1.82, 2.24) is 9.88 Å². The normalized spacial score (nSPS) is 21.7. The van der Waals surface area contributed by atoms with Crippen LogP contribution in [0.15, 0.2) is 18.3 Å². The van der Waals surface area contributed by atoms with Crippen molar-refractivity contribution in [3.8, 4) is 5.88 Å². The van der Waals surface area contributed by atoms with Crippen LogP contribution in [0.25, 0.3) is 0 Å². The average molecular weight is 356 g/mol. The SMILES string of the molecule is O=C(CCC1CCCC1)N1CCC(Oc2cc(C(F)(F)F)ccn2)C1. The molecule has 1 amide bonds. The average Bonchev–Trinajstić information content (AvgIpc) is 3.24. The van der Waals surface area contributed by atoms with Crippen LogP contribution in [0, 0.1) is 5.92 Å². The number of carbonyl (C=O) groups is 1. The summed E-state index contributed by atoms with van der Waals surface area (Å²) in [5, 5.41) is 0. The van der Waals surface area contributed by atoms with Crippen LogP contribution in [0.5, 0.6) is 5.88 Å². The quantitative estimate of drug-likeness (QED) is 0.799. The number of amides is 1. The summed E-state index contributed by atoms with van der Waals surface area (Å²) in [6, 6.07) is 1.82. The van der Waals surface area contributed by atoms with Gasteiger partial charge < -0.3 is 9.64 Å². The summed E-state index contributed by atoms with van der Waals surface area (Å²) < 4.78 is 43.7. The Hall–Kier alpha value is -1.79. The van der Waals surface area contributed by atoms with Crippen LogP contribution in [0.1, 0.15) is 50.5 Å². The van der Waals surface area contributed by atoms with Gasteiger partial charge in [0, 0.05) is 31.6 Å². The third-order valence-electron chi connectivity index (χ3n) is 5.09. The van der Waals surface area contributed by atoms with Gasteiger partial charge in [0.15, 0.2) is 0 Å². The molecule has 2 heterocycles. The second-order valence-corrected chi connectivity index (χ2v) is 6.94. The van der Waals surface area contributed by atoms with E-state index in [1.165, 1.54) is 25.7 Å². The molecule has 25 heavy (non-hydrogen) atoms. The third-order valence-corrected chi connectivity index (χ3v) is 5.09. The molecule has 2 aliphatic rings. The third kappa shape index (κ3) is 4.86. The molecule has 0 N–H and O–H groups in total. The first-order chi connectivity index (χ1) is 11.9. The zero-order chi connectivity index (χ0) is 17.9. The summed E-state index contributed by atoms with van der Waals surface area (Å²) in [7, 11) is 0. The van der Waals surface area contributed by atoms with Crippen molar-refractivity contribution >= 4 is 5.91 Å². The number of pyridine rings is 1. The van der Waals surface area contributed by atoms with E-state index in [-0.39, 0.29) is 17.9 Å². The molecule has 1 atom stereocenters. The van der Waals surface area contributed by atoms with Crippen LogP contribution in [0.2, 0.25) is 0 Å². The predicted octanol–water partition coefficient (Wildman–Crippen LogP) is 4.05. The van der Waals surface area contributed by atoms with Crippen molar-refractivity contribution in [3.63, 3.8) is 0 Å². The Kier molecular flexibility index (Phi) is 5.49. The molecule has 1 saturated carbocycles. The van der Waals surface area contributed by atoms with E-state index >= 15 is 0 Å². The zero-order valence-electron chi connectivity index (χ0n) is 14.1. The molecule has 2 fully saturated rings. The van der Waals surface area contributed by atoms with E-state index in [1.54, 1.807) is 4.90 Å². The van der Waals surface area contributed by atoms with Crippen molar-refractivity contribution in [2.45, 2.75) is 57.2 Å². The highest BCUT2D eigenvalue weighted by atomic mass is 19.4. The number of likely N-dealkylation sites (tertiary alicyclic amines) is 1. The van der Waals surface area contributed by atoms with Crippen molar-refractivity contribution < 1.29 is 22.7 Å². The molecule has 3 rings (SSSR count). The van der Waals surface area contributed by atoms with Crippen LogP contribution in [0.3, 0.4) is 0 Å². The fourth-order valence-electron chi connectivity index (χ4n) is 3.66. The van der Waals surface area contributed by atoms with Gasteiger partial charge in [-0.25, -0.2) is 4.98 Å². The fourth-order valence-corrected chi connectivity index (χ4v) is 3.66. The van der Waals surface area contributed by atoms with Crippen LogP contribution in [0.4, 0.5) is 13.2 Å². The summed E-state index contributed by atoms with van der Waals surface area (Å²) in [5.74, 6) is 0.753. The second kappa shape index (κ2) is 7.62. The first-order valence-corrected chi connectivity index (χ1v) is 8.89. The number of aromatic nitrogens is 1. The van der Waals surface area contributed by atoms with E-state index in [0.29, 0.717) is 31.8 Å². The number of rotatable bonds is 5. The highest BCUT2D eigenvalue weighted by Crippen LogP contribution is 2.31. The lowest BCUT2D eigenvalue weighted by Gasteiger charge is -2.18. The number of ether oxygens (including phenoxy) is 1. The lowest BCUT2D eigenvalue weighted by Crippen LogP contribution is -2.31. The van der Waals surface area contributed by atoms with Gasteiger partial charge in [-0.1, -0.05) is 25.7 Å². The number of nitrogens with zero attached hydrogens (tertiary/aromatic N) is 2. The van der Waals surface area contributed by atoms with Gasteiger partial charge in [-0.3, -0.25) is 4.79 Å². The van der Waals surface area contributed by atoms with Gasteiger partial charge in [0.05, 0.1) is 12.1 Å². The van der Waals surface area contributed by atoms with Gasteiger partial charge in [0.1, 0.15) is 6.10 Å². The first-order valence-electron chi connectivity index (χ1n) is 8.89. The van der Waals surface area contributed by atoms with Gasteiger partial charge in [-0.05, 0) is 18.4 Å². The monoisotopic (exact) mass is 356 g/mol. The Labute approximate surface area is 145 Å². The molecule has 0 spiro atoms. The zero-order valence-corrected chi connectivity index (χ0v) is 14.1. The molecule has 0 radical (unpaired) electrons. The molecule has 138 valence electrons. The standard InChI is InChI=1S/C18H23F3N2O2/c19-18(20,21)14-7-9-22-16(11-14)25-15-8-10-23(12-15)17(24)6-5-13-3-1-2-4-13/h7,9,11,13,15H,1-6,8,10,12H2. The molecule has 7 heteroatoms. The van der Waals surface area contributed by atoms with Crippen LogP contribution >= 0.6 is 0 Å². The minimum atomic E-state index is -4.42. The van der Waals surface area contributed by atoms with Crippen LogP contribution in [-0.2, 0) is 11.0 Å². The fraction of sp³-hybridized carbons (Fsp3) is 0.667. The molecule has 1 aliphatic carbocycles. The maximum atomic E-state index is 12.7. The molecule has 1 saturated heterocycles. The predicted molar refractivity (Wildman–Crippen MR) is 86.0 cm³/mol. The highest BCUT2D eigenvalue weighted by molar-refractivity contribution is 5.76. The highest BCUT2D eigenvalue weighted by Gasteiger charge is 2.32. The van der Waals surface area contributed by atoms with Gasteiger partial charge in [-0.15, -0.1) is 0 Å². The van der Waals surface area contributed by atoms with Crippen molar-refractivity contribution in [2.24, 2.45) is 5.92 Å². The molecule has 1 aromatic heterocycles. The Bertz CT molecular complexity index is 600. The lowest BCUT2D eigenvalue weighted by atomic mass is 10.0. The Morgan fingerprint density at radius 1 is 1.28 bits per heavy atom. The number of hydrogen-bond acceptors (Lipinski definition) is 3. The molecule has 1 aromatic rings. The van der Waals surface area contributed by atoms with Crippen molar-refractivity contribution in [3.05, 3.63) is 23.9 Å². The summed E-state index contributed by atoms with van der Waals surface area (Å²) in [4.78, 5) is 17.9. The van der Waals surface area contributed by atoms with E-state index in [0.717, 1.165) is 24.8 Å². The minimum absolute atomic E-state index is 0.0416. The van der Waals surface area contributed by atoms with Crippen LogP contribution < -0.4 is 4.74 Å². The number of alkyl halides is 3. The molecular weight excluding hydrogens is 333 g/mol.